The number of benzene rings is 3. The van der Waals surface area contributed by atoms with Crippen molar-refractivity contribution < 1.29 is 14.6 Å². The lowest BCUT2D eigenvalue weighted by molar-refractivity contribution is 0.357. The van der Waals surface area contributed by atoms with Gasteiger partial charge in [0.15, 0.2) is 11.5 Å². The van der Waals surface area contributed by atoms with Crippen molar-refractivity contribution in [1.82, 2.24) is 5.32 Å². The number of nitrogens with zero attached hydrogens (tertiary/aromatic N) is 1. The van der Waals surface area contributed by atoms with Crippen LogP contribution in [0.2, 0.25) is 5.02 Å². The van der Waals surface area contributed by atoms with Crippen molar-refractivity contribution in [1.29, 1.82) is 0 Å². The fourth-order valence-electron chi connectivity index (χ4n) is 3.76. The van der Waals surface area contributed by atoms with Crippen LogP contribution >= 0.6 is 11.6 Å². The first-order valence-corrected chi connectivity index (χ1v) is 10.1. The maximum absolute atomic E-state index is 10.7. The highest BCUT2D eigenvalue weighted by Gasteiger charge is 2.29. The molecule has 0 aromatic heterocycles. The molecular weight excluding hydrogens is 400 g/mol. The van der Waals surface area contributed by atoms with E-state index in [0.29, 0.717) is 17.2 Å². The van der Waals surface area contributed by atoms with Gasteiger partial charge in [-0.25, -0.2) is 0 Å². The SMILES string of the molecule is COc1ccccc1[C@@H]1N=C(c2ccc(Cl)cc2)C[C@H](c2cccc(OC)c2O)N1. The van der Waals surface area contributed by atoms with E-state index in [1.807, 2.05) is 60.7 Å². The average molecular weight is 423 g/mol. The van der Waals surface area contributed by atoms with E-state index in [4.69, 9.17) is 26.1 Å². The number of halogens is 1. The largest absolute Gasteiger partial charge is 0.504 e. The van der Waals surface area contributed by atoms with Crippen LogP contribution in [0.5, 0.6) is 17.2 Å². The predicted octanol–water partition coefficient (Wildman–Crippen LogP) is 5.29. The highest BCUT2D eigenvalue weighted by atomic mass is 35.5. The summed E-state index contributed by atoms with van der Waals surface area (Å²) in [5.74, 6) is 1.33. The first-order valence-electron chi connectivity index (χ1n) is 9.68. The minimum absolute atomic E-state index is 0.133. The number of aliphatic imine (C=N–C) groups is 1. The molecular formula is C24H23ClN2O3. The summed E-state index contributed by atoms with van der Waals surface area (Å²) in [7, 11) is 3.20. The fourth-order valence-corrected chi connectivity index (χ4v) is 3.89. The van der Waals surface area contributed by atoms with Gasteiger partial charge in [-0.2, -0.15) is 0 Å². The second-order valence-electron chi connectivity index (χ2n) is 7.05. The van der Waals surface area contributed by atoms with Crippen molar-refractivity contribution in [3.05, 3.63) is 88.4 Å². The van der Waals surface area contributed by atoms with Crippen LogP contribution in [0.15, 0.2) is 71.7 Å². The molecule has 1 heterocycles. The molecule has 6 heteroatoms. The molecule has 0 saturated heterocycles. The molecule has 3 aromatic carbocycles. The molecule has 0 aliphatic carbocycles. The summed E-state index contributed by atoms with van der Waals surface area (Å²) < 4.78 is 10.9. The lowest BCUT2D eigenvalue weighted by Gasteiger charge is -2.31. The molecule has 0 saturated carbocycles. The summed E-state index contributed by atoms with van der Waals surface area (Å²) in [4.78, 5) is 4.98. The van der Waals surface area contributed by atoms with Gasteiger partial charge in [-0.05, 0) is 29.8 Å². The maximum Gasteiger partial charge on any atom is 0.162 e. The number of ether oxygens (including phenoxy) is 2. The van der Waals surface area contributed by atoms with Gasteiger partial charge in [-0.1, -0.05) is 54.1 Å². The van der Waals surface area contributed by atoms with Gasteiger partial charge < -0.3 is 14.6 Å². The minimum Gasteiger partial charge on any atom is -0.504 e. The zero-order valence-electron chi connectivity index (χ0n) is 16.8. The molecule has 4 rings (SSSR count). The molecule has 0 spiro atoms. The van der Waals surface area contributed by atoms with Crippen LogP contribution in [0.25, 0.3) is 0 Å². The fraction of sp³-hybridized carbons (Fsp3) is 0.208. The third kappa shape index (κ3) is 3.99. The Morgan fingerprint density at radius 2 is 1.57 bits per heavy atom. The molecule has 5 nitrogen and oxygen atoms in total. The van der Waals surface area contributed by atoms with E-state index in [1.165, 1.54) is 0 Å². The number of aromatic hydroxyl groups is 1. The van der Waals surface area contributed by atoms with Crippen LogP contribution in [0.4, 0.5) is 0 Å². The number of phenolic OH excluding ortho intramolecular Hbond substituents is 1. The number of hydrogen-bond donors (Lipinski definition) is 2. The van der Waals surface area contributed by atoms with Crippen molar-refractivity contribution in [2.45, 2.75) is 18.6 Å². The second kappa shape index (κ2) is 8.78. The number of nitrogens with one attached hydrogen (secondary N) is 1. The molecule has 0 fully saturated rings. The molecule has 30 heavy (non-hydrogen) atoms. The monoisotopic (exact) mass is 422 g/mol. The molecule has 0 unspecified atom stereocenters. The van der Waals surface area contributed by atoms with Gasteiger partial charge >= 0.3 is 0 Å². The summed E-state index contributed by atoms with van der Waals surface area (Å²) in [6.07, 6.45) is 0.268. The van der Waals surface area contributed by atoms with E-state index in [1.54, 1.807) is 20.3 Å². The molecule has 0 radical (unpaired) electrons. The number of phenols is 1. The van der Waals surface area contributed by atoms with Gasteiger partial charge in [-0.3, -0.25) is 10.3 Å². The van der Waals surface area contributed by atoms with E-state index in [9.17, 15) is 5.11 Å². The van der Waals surface area contributed by atoms with Crippen LogP contribution in [0, 0.1) is 0 Å². The Labute approximate surface area is 180 Å². The number of hydrogen-bond acceptors (Lipinski definition) is 5. The van der Waals surface area contributed by atoms with E-state index in [-0.39, 0.29) is 18.0 Å². The lowest BCUT2D eigenvalue weighted by atomic mass is 9.93. The summed E-state index contributed by atoms with van der Waals surface area (Å²) in [5, 5.41) is 15.0. The topological polar surface area (TPSA) is 63.1 Å². The highest BCUT2D eigenvalue weighted by molar-refractivity contribution is 6.30. The third-order valence-corrected chi connectivity index (χ3v) is 5.53. The van der Waals surface area contributed by atoms with Gasteiger partial charge in [0.1, 0.15) is 11.9 Å². The van der Waals surface area contributed by atoms with Gasteiger partial charge in [0.25, 0.3) is 0 Å². The molecule has 0 amide bonds. The van der Waals surface area contributed by atoms with E-state index < -0.39 is 0 Å². The predicted molar refractivity (Wildman–Crippen MR) is 119 cm³/mol. The Kier molecular flexibility index (Phi) is 5.93. The molecule has 1 aliphatic rings. The zero-order chi connectivity index (χ0) is 21.1. The van der Waals surface area contributed by atoms with Gasteiger partial charge in [-0.15, -0.1) is 0 Å². The normalized spacial score (nSPS) is 18.6. The summed E-state index contributed by atoms with van der Waals surface area (Å²) in [6.45, 7) is 0. The van der Waals surface area contributed by atoms with Gasteiger partial charge in [0.05, 0.1) is 14.2 Å². The Bertz CT molecular complexity index is 1070. The first kappa shape index (κ1) is 20.3. The van der Waals surface area contributed by atoms with Crippen molar-refractivity contribution in [3.63, 3.8) is 0 Å². The third-order valence-electron chi connectivity index (χ3n) is 5.28. The van der Waals surface area contributed by atoms with Crippen LogP contribution in [0.1, 0.15) is 35.3 Å². The average Bonchev–Trinajstić information content (AvgIpc) is 2.79. The van der Waals surface area contributed by atoms with Crippen molar-refractivity contribution in [3.8, 4) is 17.2 Å². The molecule has 2 N–H and O–H groups in total. The van der Waals surface area contributed by atoms with Crippen molar-refractivity contribution >= 4 is 17.3 Å². The van der Waals surface area contributed by atoms with Crippen molar-refractivity contribution in [2.75, 3.05) is 14.2 Å². The lowest BCUT2D eigenvalue weighted by Crippen LogP contribution is -2.33. The van der Waals surface area contributed by atoms with E-state index >= 15 is 0 Å². The number of rotatable bonds is 5. The summed E-state index contributed by atoms with van der Waals surface area (Å²) >= 11 is 6.08. The maximum atomic E-state index is 10.7. The van der Waals surface area contributed by atoms with Crippen LogP contribution in [-0.2, 0) is 0 Å². The summed E-state index contributed by atoms with van der Waals surface area (Å²) in [5.41, 5.74) is 3.61. The first-order chi connectivity index (χ1) is 14.6. The molecule has 2 atom stereocenters. The molecule has 154 valence electrons. The molecule has 1 aliphatic heterocycles. The second-order valence-corrected chi connectivity index (χ2v) is 7.49. The Morgan fingerprint density at radius 3 is 2.30 bits per heavy atom. The molecule has 0 bridgehead atoms. The minimum atomic E-state index is -0.337. The van der Waals surface area contributed by atoms with Crippen LogP contribution in [-0.4, -0.2) is 25.0 Å². The number of methoxy groups -OCH3 is 2. The Morgan fingerprint density at radius 1 is 0.900 bits per heavy atom. The van der Waals surface area contributed by atoms with Crippen LogP contribution < -0.4 is 14.8 Å². The molecule has 3 aromatic rings. The Hall–Kier alpha value is -3.02. The quantitative estimate of drug-likeness (QED) is 0.586. The van der Waals surface area contributed by atoms with E-state index in [0.717, 1.165) is 28.2 Å². The smallest absolute Gasteiger partial charge is 0.162 e. The number of para-hydroxylation sites is 2. The van der Waals surface area contributed by atoms with Crippen LogP contribution in [0.3, 0.4) is 0 Å². The Balaban J connectivity index is 1.79. The van der Waals surface area contributed by atoms with E-state index in [2.05, 4.69) is 5.32 Å². The van der Waals surface area contributed by atoms with Crippen molar-refractivity contribution in [2.24, 2.45) is 4.99 Å². The zero-order valence-corrected chi connectivity index (χ0v) is 17.6. The summed E-state index contributed by atoms with van der Waals surface area (Å²) in [6, 6.07) is 20.8. The standard InChI is InChI=1S/C24H23ClN2O3/c1-29-21-8-4-3-6-18(21)24-26-19(15-10-12-16(25)13-11-15)14-20(27-24)17-7-5-9-22(30-2)23(17)28/h3-13,20,24,27-28H,14H2,1-2H3/t20-,24-/m1/s1. The highest BCUT2D eigenvalue weighted by Crippen LogP contribution is 2.39. The van der Waals surface area contributed by atoms with Gasteiger partial charge in [0, 0.05) is 34.3 Å². The van der Waals surface area contributed by atoms with Gasteiger partial charge in [0.2, 0.25) is 0 Å².